The molecule has 0 aliphatic carbocycles. The number of rotatable bonds is 6. The number of ether oxygens (including phenoxy) is 1. The van der Waals surface area contributed by atoms with Gasteiger partial charge in [-0.25, -0.2) is 14.2 Å². The van der Waals surface area contributed by atoms with Gasteiger partial charge in [0.25, 0.3) is 5.91 Å². The first-order chi connectivity index (χ1) is 15.9. The van der Waals surface area contributed by atoms with E-state index in [9.17, 15) is 14.0 Å². The number of methoxy groups -OCH3 is 1. The molecule has 0 spiro atoms. The lowest BCUT2D eigenvalue weighted by atomic mass is 9.93. The number of aromatic nitrogens is 1. The van der Waals surface area contributed by atoms with Gasteiger partial charge in [0.2, 0.25) is 0 Å². The summed E-state index contributed by atoms with van der Waals surface area (Å²) in [6.45, 7) is 2.69. The molecule has 2 aromatic rings. The second kappa shape index (κ2) is 9.88. The van der Waals surface area contributed by atoms with E-state index in [1.165, 1.54) is 30.6 Å². The molecule has 3 heterocycles. The Labute approximate surface area is 199 Å². The van der Waals surface area contributed by atoms with E-state index in [4.69, 9.17) is 21.3 Å². The highest BCUT2D eigenvalue weighted by Crippen LogP contribution is 2.41. The molecule has 2 aliphatic heterocycles. The minimum absolute atomic E-state index is 0.190. The molecule has 1 aromatic carbocycles. The largest absolute Gasteiger partial charge is 0.453 e. The number of hydrogen-bond donors (Lipinski definition) is 2. The van der Waals surface area contributed by atoms with Crippen LogP contribution in [-0.4, -0.2) is 54.0 Å². The van der Waals surface area contributed by atoms with Crippen molar-refractivity contribution < 1.29 is 18.7 Å². The Kier molecular flexibility index (Phi) is 6.94. The first-order valence-electron chi connectivity index (χ1n) is 10.4. The number of nitrogens with zero attached hydrogens (tertiary/aromatic N) is 3. The summed E-state index contributed by atoms with van der Waals surface area (Å²) in [6.07, 6.45) is 2.04. The van der Waals surface area contributed by atoms with Gasteiger partial charge in [0.15, 0.2) is 0 Å². The molecule has 2 amide bonds. The molecule has 1 aromatic heterocycles. The predicted octanol–water partition coefficient (Wildman–Crippen LogP) is 3.45. The van der Waals surface area contributed by atoms with Crippen molar-refractivity contribution >= 4 is 40.8 Å². The second-order valence-electron chi connectivity index (χ2n) is 7.58. The van der Waals surface area contributed by atoms with Crippen LogP contribution in [0.15, 0.2) is 46.0 Å². The number of hydrogen-bond acceptors (Lipinski definition) is 7. The summed E-state index contributed by atoms with van der Waals surface area (Å²) < 4.78 is 18.5. The van der Waals surface area contributed by atoms with Crippen molar-refractivity contribution in [3.63, 3.8) is 0 Å². The molecule has 2 aliphatic rings. The van der Waals surface area contributed by atoms with Crippen molar-refractivity contribution in [3.8, 4) is 0 Å². The maximum absolute atomic E-state index is 13.8. The fraction of sp³-hybridized carbons (Fsp3) is 0.364. The number of amidine groups is 1. The topological polar surface area (TPSA) is 95.9 Å². The van der Waals surface area contributed by atoms with Crippen molar-refractivity contribution in [1.29, 1.82) is 0 Å². The number of benzene rings is 1. The van der Waals surface area contributed by atoms with Crippen LogP contribution >= 0.6 is 22.9 Å². The van der Waals surface area contributed by atoms with E-state index >= 15 is 0 Å². The fourth-order valence-corrected chi connectivity index (χ4v) is 4.98. The SMILES string of the molecule is CCNC(=O)C1=C2C[C@H](NC(=O)OC)CN2C(Cc2nccs2)=N[C@H]1c1ccc(F)cc1Cl. The Morgan fingerprint density at radius 1 is 1.39 bits per heavy atom. The highest BCUT2D eigenvalue weighted by atomic mass is 35.5. The maximum Gasteiger partial charge on any atom is 0.407 e. The van der Waals surface area contributed by atoms with Crippen molar-refractivity contribution in [2.75, 3.05) is 20.2 Å². The van der Waals surface area contributed by atoms with Gasteiger partial charge in [-0.2, -0.15) is 0 Å². The lowest BCUT2D eigenvalue weighted by Gasteiger charge is -2.33. The van der Waals surface area contributed by atoms with E-state index in [2.05, 4.69) is 15.6 Å². The third-order valence-corrected chi connectivity index (χ3v) is 6.59. The molecular formula is C22H23ClFN5O3S. The van der Waals surface area contributed by atoms with Crippen molar-refractivity contribution in [2.24, 2.45) is 4.99 Å². The third-order valence-electron chi connectivity index (χ3n) is 5.48. The van der Waals surface area contributed by atoms with Gasteiger partial charge in [0.1, 0.15) is 17.7 Å². The van der Waals surface area contributed by atoms with E-state index in [0.29, 0.717) is 42.9 Å². The number of carbonyl (C=O) groups excluding carboxylic acids is 2. The fourth-order valence-electron chi connectivity index (χ4n) is 4.09. The Morgan fingerprint density at radius 2 is 2.21 bits per heavy atom. The van der Waals surface area contributed by atoms with Gasteiger partial charge in [0.05, 0.1) is 30.2 Å². The Balaban J connectivity index is 1.82. The number of alkyl carbamates (subject to hydrolysis) is 1. The summed E-state index contributed by atoms with van der Waals surface area (Å²) >= 11 is 7.90. The number of carbonyl (C=O) groups is 2. The zero-order chi connectivity index (χ0) is 23.5. The van der Waals surface area contributed by atoms with Gasteiger partial charge >= 0.3 is 6.09 Å². The molecular weight excluding hydrogens is 469 g/mol. The van der Waals surface area contributed by atoms with Crippen LogP contribution in [0.4, 0.5) is 9.18 Å². The van der Waals surface area contributed by atoms with Crippen LogP contribution in [0, 0.1) is 5.82 Å². The minimum Gasteiger partial charge on any atom is -0.453 e. The third kappa shape index (κ3) is 4.86. The quantitative estimate of drug-likeness (QED) is 0.645. The van der Waals surface area contributed by atoms with E-state index < -0.39 is 18.0 Å². The summed E-state index contributed by atoms with van der Waals surface area (Å²) in [5.41, 5.74) is 1.71. The van der Waals surface area contributed by atoms with Gasteiger partial charge < -0.3 is 20.3 Å². The van der Waals surface area contributed by atoms with E-state index in [0.717, 1.165) is 10.7 Å². The van der Waals surface area contributed by atoms with Crippen LogP contribution in [0.1, 0.15) is 30.0 Å². The first-order valence-corrected chi connectivity index (χ1v) is 11.7. The second-order valence-corrected chi connectivity index (χ2v) is 8.97. The molecule has 1 fully saturated rings. The van der Waals surface area contributed by atoms with Gasteiger partial charge in [-0.15, -0.1) is 11.3 Å². The van der Waals surface area contributed by atoms with Crippen LogP contribution in [0.2, 0.25) is 5.02 Å². The molecule has 174 valence electrons. The smallest absolute Gasteiger partial charge is 0.407 e. The van der Waals surface area contributed by atoms with Crippen LogP contribution in [0.3, 0.4) is 0 Å². The Hall–Kier alpha value is -2.98. The number of likely N-dealkylation sites (N-methyl/N-ethyl adjacent to an activating group) is 1. The van der Waals surface area contributed by atoms with E-state index in [-0.39, 0.29) is 17.0 Å². The van der Waals surface area contributed by atoms with Gasteiger partial charge in [-0.05, 0) is 19.1 Å². The van der Waals surface area contributed by atoms with Gasteiger partial charge in [-0.3, -0.25) is 9.79 Å². The van der Waals surface area contributed by atoms with Gasteiger partial charge in [-0.1, -0.05) is 17.7 Å². The van der Waals surface area contributed by atoms with Gasteiger partial charge in [0, 0.05) is 47.4 Å². The average Bonchev–Trinajstić information content (AvgIpc) is 3.43. The zero-order valence-electron chi connectivity index (χ0n) is 18.1. The molecule has 2 N–H and O–H groups in total. The summed E-state index contributed by atoms with van der Waals surface area (Å²) in [5, 5.41) is 8.61. The molecule has 11 heteroatoms. The number of halogens is 2. The van der Waals surface area contributed by atoms with Crippen molar-refractivity contribution in [3.05, 3.63) is 62.5 Å². The molecule has 0 bridgehead atoms. The highest BCUT2D eigenvalue weighted by Gasteiger charge is 2.41. The highest BCUT2D eigenvalue weighted by molar-refractivity contribution is 7.09. The summed E-state index contributed by atoms with van der Waals surface area (Å²) in [5.74, 6) is -0.0465. The molecule has 0 unspecified atom stereocenters. The van der Waals surface area contributed by atoms with Crippen molar-refractivity contribution in [1.82, 2.24) is 20.5 Å². The molecule has 8 nitrogen and oxygen atoms in total. The van der Waals surface area contributed by atoms with E-state index in [1.54, 1.807) is 12.3 Å². The molecule has 33 heavy (non-hydrogen) atoms. The van der Waals surface area contributed by atoms with Crippen LogP contribution in [0.25, 0.3) is 0 Å². The van der Waals surface area contributed by atoms with Crippen LogP contribution < -0.4 is 10.6 Å². The standard InChI is InChI=1S/C22H23ClFN5O3S/c1-3-25-21(30)19-16-9-13(27-22(31)32-2)11-29(16)17(10-18-26-6-7-33-18)28-20(19)14-5-4-12(24)8-15(14)23/h4-8,13,20H,3,9-11H2,1-2H3,(H,25,30)(H,27,31)/t13-,20-/m0/s1. The summed E-state index contributed by atoms with van der Waals surface area (Å²) in [7, 11) is 1.30. The van der Waals surface area contributed by atoms with E-state index in [1.807, 2.05) is 17.2 Å². The molecule has 1 saturated heterocycles. The normalized spacial score (nSPS) is 19.8. The predicted molar refractivity (Wildman–Crippen MR) is 124 cm³/mol. The Morgan fingerprint density at radius 3 is 2.88 bits per heavy atom. The number of fused-ring (bicyclic) bond motifs is 1. The number of nitrogens with one attached hydrogen (secondary N) is 2. The summed E-state index contributed by atoms with van der Waals surface area (Å²) in [4.78, 5) is 36.3. The first kappa shape index (κ1) is 23.2. The molecule has 0 saturated carbocycles. The Bertz CT molecular complexity index is 1120. The summed E-state index contributed by atoms with van der Waals surface area (Å²) in [6, 6.07) is 3.08. The zero-order valence-corrected chi connectivity index (χ0v) is 19.7. The van der Waals surface area contributed by atoms with Crippen LogP contribution in [-0.2, 0) is 16.0 Å². The number of aliphatic imine (C=N–C) groups is 1. The maximum atomic E-state index is 13.8. The lowest BCUT2D eigenvalue weighted by Crippen LogP contribution is -2.40. The average molecular weight is 492 g/mol. The minimum atomic E-state index is -0.720. The number of thiazole rings is 1. The monoisotopic (exact) mass is 491 g/mol. The number of amides is 2. The molecule has 4 rings (SSSR count). The lowest BCUT2D eigenvalue weighted by molar-refractivity contribution is -0.117. The van der Waals surface area contributed by atoms with Crippen molar-refractivity contribution in [2.45, 2.75) is 31.8 Å². The van der Waals surface area contributed by atoms with Crippen LogP contribution in [0.5, 0.6) is 0 Å². The molecule has 2 atom stereocenters. The molecule has 0 radical (unpaired) electrons.